The number of aliphatic hydroxyl groups excluding tert-OH is 3. The van der Waals surface area contributed by atoms with E-state index in [0.29, 0.717) is 12.8 Å². The van der Waals surface area contributed by atoms with Crippen LogP contribution in [0.5, 0.6) is 0 Å². The Kier molecular flexibility index (Phi) is 7.95. The quantitative estimate of drug-likeness (QED) is 0.213. The number of aliphatic carboxylic acids is 2. The van der Waals surface area contributed by atoms with Gasteiger partial charge in [-0.2, -0.15) is 0 Å². The molecule has 0 bridgehead atoms. The van der Waals surface area contributed by atoms with Crippen LogP contribution in [0, 0.1) is 0 Å². The highest BCUT2D eigenvalue weighted by Gasteiger charge is 2.41. The molecule has 160 valence electrons. The third-order valence-electron chi connectivity index (χ3n) is 4.91. The summed E-state index contributed by atoms with van der Waals surface area (Å²) >= 11 is 0. The van der Waals surface area contributed by atoms with E-state index in [0.717, 1.165) is 0 Å². The highest BCUT2D eigenvalue weighted by Crippen LogP contribution is 2.24. The number of rotatable bonds is 8. The van der Waals surface area contributed by atoms with Gasteiger partial charge in [-0.3, -0.25) is 4.90 Å². The van der Waals surface area contributed by atoms with E-state index >= 15 is 0 Å². The fourth-order valence-electron chi connectivity index (χ4n) is 3.33. The first-order valence-corrected chi connectivity index (χ1v) is 9.00. The van der Waals surface area contributed by atoms with Crippen molar-refractivity contribution in [3.05, 3.63) is 0 Å². The number of nitrogens with zero attached hydrogens (tertiary/aromatic N) is 2. The molecule has 12 nitrogen and oxygen atoms in total. The second-order valence-electron chi connectivity index (χ2n) is 6.74. The molecule has 2 aliphatic heterocycles. The molecular weight excluding hydrogens is 380 g/mol. The lowest BCUT2D eigenvalue weighted by Gasteiger charge is -2.35. The molecule has 0 aromatic heterocycles. The van der Waals surface area contributed by atoms with Gasteiger partial charge >= 0.3 is 18.0 Å². The average molecular weight is 406 g/mol. The molecule has 5 N–H and O–H groups in total. The minimum atomic E-state index is -1.64. The van der Waals surface area contributed by atoms with Crippen LogP contribution in [0.4, 0.5) is 4.79 Å². The molecule has 0 spiro atoms. The molecule has 0 aromatic carbocycles. The molecule has 12 heteroatoms. The normalized spacial score (nSPS) is 28.5. The van der Waals surface area contributed by atoms with Crippen molar-refractivity contribution in [2.24, 2.45) is 0 Å². The third kappa shape index (κ3) is 5.29. The van der Waals surface area contributed by atoms with E-state index in [1.54, 1.807) is 0 Å². The van der Waals surface area contributed by atoms with E-state index in [1.165, 1.54) is 9.80 Å². The van der Waals surface area contributed by atoms with Crippen molar-refractivity contribution in [3.63, 3.8) is 0 Å². The predicted octanol–water partition coefficient (Wildman–Crippen LogP) is -2.46. The zero-order chi connectivity index (χ0) is 20.8. The highest BCUT2D eigenvalue weighted by molar-refractivity contribution is 5.97. The maximum Gasteiger partial charge on any atom is 0.409 e. The van der Waals surface area contributed by atoms with Gasteiger partial charge in [-0.15, -0.1) is 0 Å². The molecule has 2 fully saturated rings. The lowest BCUT2D eigenvalue weighted by Crippen LogP contribution is -2.56. The number of amides is 1. The topological polar surface area (TPSA) is 177 Å². The SMILES string of the molecule is O=C(O)C(C(=O)O)N1CCN(C(=O)OCCCC2OC(CO)C(O)C2O)CC1. The number of carbonyl (C=O) groups excluding carboxylic acids is 1. The van der Waals surface area contributed by atoms with Crippen molar-refractivity contribution < 1.29 is 49.4 Å². The Balaban J connectivity index is 1.68. The van der Waals surface area contributed by atoms with Crippen molar-refractivity contribution in [1.82, 2.24) is 9.80 Å². The van der Waals surface area contributed by atoms with Crippen LogP contribution in [0.25, 0.3) is 0 Å². The molecule has 28 heavy (non-hydrogen) atoms. The van der Waals surface area contributed by atoms with Crippen LogP contribution in [-0.4, -0.2) is 123 Å². The van der Waals surface area contributed by atoms with Crippen molar-refractivity contribution in [3.8, 4) is 0 Å². The average Bonchev–Trinajstić information content (AvgIpc) is 2.93. The van der Waals surface area contributed by atoms with Crippen molar-refractivity contribution in [2.75, 3.05) is 39.4 Å². The largest absolute Gasteiger partial charge is 0.480 e. The number of carbonyl (C=O) groups is 3. The number of carboxylic acid groups (broad SMARTS) is 2. The highest BCUT2D eigenvalue weighted by atomic mass is 16.6. The molecule has 1 amide bonds. The Morgan fingerprint density at radius 3 is 2.07 bits per heavy atom. The zero-order valence-electron chi connectivity index (χ0n) is 15.2. The molecule has 2 aliphatic rings. The van der Waals surface area contributed by atoms with Gasteiger partial charge in [0.15, 0.2) is 0 Å². The van der Waals surface area contributed by atoms with Gasteiger partial charge < -0.3 is 39.9 Å². The zero-order valence-corrected chi connectivity index (χ0v) is 15.2. The predicted molar refractivity (Wildman–Crippen MR) is 90.5 cm³/mol. The summed E-state index contributed by atoms with van der Waals surface area (Å²) in [4.78, 5) is 36.8. The molecule has 0 radical (unpaired) electrons. The van der Waals surface area contributed by atoms with Crippen molar-refractivity contribution in [1.29, 1.82) is 0 Å². The van der Waals surface area contributed by atoms with Crippen LogP contribution in [-0.2, 0) is 19.1 Å². The van der Waals surface area contributed by atoms with Crippen LogP contribution < -0.4 is 0 Å². The maximum absolute atomic E-state index is 12.1. The smallest absolute Gasteiger partial charge is 0.409 e. The number of piperazine rings is 1. The lowest BCUT2D eigenvalue weighted by molar-refractivity contribution is -0.157. The molecular formula is C16H26N2O10. The van der Waals surface area contributed by atoms with Gasteiger partial charge in [0.25, 0.3) is 0 Å². The van der Waals surface area contributed by atoms with E-state index in [2.05, 4.69) is 0 Å². The fraction of sp³-hybridized carbons (Fsp3) is 0.812. The summed E-state index contributed by atoms with van der Waals surface area (Å²) in [5.41, 5.74) is 0. The molecule has 2 rings (SSSR count). The summed E-state index contributed by atoms with van der Waals surface area (Å²) in [5.74, 6) is -2.90. The number of hydrogen-bond acceptors (Lipinski definition) is 9. The minimum Gasteiger partial charge on any atom is -0.480 e. The molecule has 0 aliphatic carbocycles. The number of ether oxygens (including phenoxy) is 2. The van der Waals surface area contributed by atoms with Gasteiger partial charge in [-0.1, -0.05) is 0 Å². The van der Waals surface area contributed by atoms with Gasteiger partial charge in [0.2, 0.25) is 6.04 Å². The molecule has 2 heterocycles. The first kappa shape index (κ1) is 22.3. The maximum atomic E-state index is 12.1. The summed E-state index contributed by atoms with van der Waals surface area (Å²) in [5, 5.41) is 46.5. The minimum absolute atomic E-state index is 0.0540. The Hall–Kier alpha value is -1.99. The van der Waals surface area contributed by atoms with Gasteiger partial charge in [-0.25, -0.2) is 14.4 Å². The fourth-order valence-corrected chi connectivity index (χ4v) is 3.33. The Labute approximate surface area is 160 Å². The number of carboxylic acids is 2. The third-order valence-corrected chi connectivity index (χ3v) is 4.91. The first-order chi connectivity index (χ1) is 13.3. The summed E-state index contributed by atoms with van der Waals surface area (Å²) in [6.45, 7) is 0.135. The second-order valence-corrected chi connectivity index (χ2v) is 6.74. The summed E-state index contributed by atoms with van der Waals surface area (Å²) < 4.78 is 10.5. The van der Waals surface area contributed by atoms with Crippen LogP contribution in [0.1, 0.15) is 12.8 Å². The van der Waals surface area contributed by atoms with E-state index < -0.39 is 55.1 Å². The number of hydrogen-bond donors (Lipinski definition) is 5. The Morgan fingerprint density at radius 1 is 1.00 bits per heavy atom. The van der Waals surface area contributed by atoms with Gasteiger partial charge in [0.05, 0.1) is 19.3 Å². The van der Waals surface area contributed by atoms with E-state index in [1.807, 2.05) is 0 Å². The van der Waals surface area contributed by atoms with Crippen molar-refractivity contribution >= 4 is 18.0 Å². The molecule has 0 aromatic rings. The van der Waals surface area contributed by atoms with E-state index in [4.69, 9.17) is 24.8 Å². The van der Waals surface area contributed by atoms with Crippen LogP contribution in [0.3, 0.4) is 0 Å². The van der Waals surface area contributed by atoms with Gasteiger partial charge in [-0.05, 0) is 12.8 Å². The molecule has 0 saturated carbocycles. The van der Waals surface area contributed by atoms with Crippen LogP contribution in [0.15, 0.2) is 0 Å². The molecule has 4 unspecified atom stereocenters. The van der Waals surface area contributed by atoms with Crippen molar-refractivity contribution in [2.45, 2.75) is 43.3 Å². The van der Waals surface area contributed by atoms with Crippen LogP contribution in [0.2, 0.25) is 0 Å². The van der Waals surface area contributed by atoms with E-state index in [9.17, 15) is 24.6 Å². The van der Waals surface area contributed by atoms with Gasteiger partial charge in [0, 0.05) is 26.2 Å². The first-order valence-electron chi connectivity index (χ1n) is 9.00. The second kappa shape index (κ2) is 9.98. The lowest BCUT2D eigenvalue weighted by atomic mass is 10.0. The molecule has 4 atom stereocenters. The monoisotopic (exact) mass is 406 g/mol. The summed E-state index contributed by atoms with van der Waals surface area (Å²) in [6, 6.07) is -1.64. The van der Waals surface area contributed by atoms with Gasteiger partial charge in [0.1, 0.15) is 18.3 Å². The summed E-state index contributed by atoms with van der Waals surface area (Å²) in [7, 11) is 0. The number of aliphatic hydroxyl groups is 3. The van der Waals surface area contributed by atoms with E-state index in [-0.39, 0.29) is 32.8 Å². The molecule has 2 saturated heterocycles. The van der Waals surface area contributed by atoms with Crippen LogP contribution >= 0.6 is 0 Å². The standard InChI is InChI=1S/C16H26N2O10/c19-8-10-13(21)12(20)9(28-10)2-1-7-27-16(26)18-5-3-17(4-6-18)11(14(22)23)15(24)25/h9-13,19-21H,1-8H2,(H,22,23)(H,24,25). The summed E-state index contributed by atoms with van der Waals surface area (Å²) in [6.07, 6.45) is -3.65. The Morgan fingerprint density at radius 2 is 1.57 bits per heavy atom. The Bertz CT molecular complexity index is 552.